The van der Waals surface area contributed by atoms with E-state index in [1.165, 1.54) is 11.4 Å². The molecule has 0 radical (unpaired) electrons. The van der Waals surface area contributed by atoms with Gasteiger partial charge >= 0.3 is 0 Å². The van der Waals surface area contributed by atoms with Crippen LogP contribution in [0.15, 0.2) is 59.7 Å². The Labute approximate surface area is 147 Å². The van der Waals surface area contributed by atoms with Gasteiger partial charge in [0.15, 0.2) is 0 Å². The Morgan fingerprint density at radius 3 is 2.40 bits per heavy atom. The van der Waals surface area contributed by atoms with Crippen LogP contribution in [0.1, 0.15) is 10.6 Å². The fourth-order valence-corrected chi connectivity index (χ4v) is 3.19. The zero-order valence-electron chi connectivity index (χ0n) is 12.9. The Hall–Kier alpha value is -3.04. The van der Waals surface area contributed by atoms with Crippen molar-refractivity contribution in [3.05, 3.63) is 81.9 Å². The van der Waals surface area contributed by atoms with E-state index in [9.17, 15) is 19.1 Å². The molecular formula is C19H12F2N2OS. The lowest BCUT2D eigenvalue weighted by atomic mass is 10.1. The third-order valence-electron chi connectivity index (χ3n) is 3.55. The number of benzene rings is 2. The number of nitrogens with zero attached hydrogens (tertiary/aromatic N) is 2. The Morgan fingerprint density at radius 2 is 1.76 bits per heavy atom. The average molecular weight is 354 g/mol. The number of thiazole rings is 1. The van der Waals surface area contributed by atoms with Crippen LogP contribution in [0.5, 0.6) is 0 Å². The summed E-state index contributed by atoms with van der Waals surface area (Å²) in [7, 11) is 0. The van der Waals surface area contributed by atoms with Crippen LogP contribution >= 0.6 is 11.3 Å². The number of rotatable bonds is 4. The topological polar surface area (TPSA) is 56.9 Å². The maximum atomic E-state index is 13.9. The molecule has 3 rings (SSSR count). The Bertz CT molecular complexity index is 954. The molecule has 0 fully saturated rings. The zero-order chi connectivity index (χ0) is 17.8. The lowest BCUT2D eigenvalue weighted by Crippen LogP contribution is -1.95. The van der Waals surface area contributed by atoms with Crippen molar-refractivity contribution in [2.24, 2.45) is 0 Å². The minimum atomic E-state index is -0.729. The van der Waals surface area contributed by atoms with Gasteiger partial charge in [-0.15, -0.1) is 11.3 Å². The predicted octanol–water partition coefficient (Wildman–Crippen LogP) is 5.12. The van der Waals surface area contributed by atoms with E-state index >= 15 is 0 Å². The second-order valence-electron chi connectivity index (χ2n) is 5.23. The predicted molar refractivity (Wildman–Crippen MR) is 92.8 cm³/mol. The molecule has 124 valence electrons. The first-order valence-electron chi connectivity index (χ1n) is 7.36. The Morgan fingerprint density at radius 1 is 1.08 bits per heavy atom. The summed E-state index contributed by atoms with van der Waals surface area (Å²) in [6.45, 7) is 0. The highest BCUT2D eigenvalue weighted by molar-refractivity contribution is 7.11. The first-order chi connectivity index (χ1) is 12.1. The van der Waals surface area contributed by atoms with Crippen molar-refractivity contribution in [3.8, 4) is 17.3 Å². The molecule has 0 aliphatic heterocycles. The van der Waals surface area contributed by atoms with Gasteiger partial charge < -0.3 is 5.11 Å². The smallest absolute Gasteiger partial charge is 0.138 e. The number of halogens is 2. The summed E-state index contributed by atoms with van der Waals surface area (Å²) in [5, 5.41) is 21.3. The van der Waals surface area contributed by atoms with Crippen LogP contribution in [0.2, 0.25) is 0 Å². The summed E-state index contributed by atoms with van der Waals surface area (Å²) in [5.74, 6) is -1.59. The zero-order valence-corrected chi connectivity index (χ0v) is 13.7. The highest BCUT2D eigenvalue weighted by Crippen LogP contribution is 2.30. The number of nitriles is 1. The molecule has 2 aromatic carbocycles. The Kier molecular flexibility index (Phi) is 4.87. The highest BCUT2D eigenvalue weighted by Gasteiger charge is 2.18. The van der Waals surface area contributed by atoms with E-state index in [4.69, 9.17) is 0 Å². The van der Waals surface area contributed by atoms with Crippen molar-refractivity contribution in [1.29, 1.82) is 5.26 Å². The maximum Gasteiger partial charge on any atom is 0.138 e. The van der Waals surface area contributed by atoms with Crippen LogP contribution in [0.4, 0.5) is 8.78 Å². The molecule has 1 N–H and O–H groups in total. The fourth-order valence-electron chi connectivity index (χ4n) is 2.36. The standard InChI is InChI=1S/C19H12F2N2OS/c20-14-7-4-8-15(21)18(14)16-11-25-19(23-16)13(10-22)17(24)9-12-5-2-1-3-6-12/h1-8,11,24H,9H2. The number of hydrogen-bond acceptors (Lipinski definition) is 4. The average Bonchev–Trinajstić information content (AvgIpc) is 3.05. The van der Waals surface area contributed by atoms with Gasteiger partial charge in [0.2, 0.25) is 0 Å². The first kappa shape index (κ1) is 16.8. The third-order valence-corrected chi connectivity index (χ3v) is 4.41. The molecule has 0 bridgehead atoms. The lowest BCUT2D eigenvalue weighted by Gasteiger charge is -2.03. The van der Waals surface area contributed by atoms with Crippen LogP contribution in [0.3, 0.4) is 0 Å². The van der Waals surface area contributed by atoms with E-state index in [2.05, 4.69) is 4.98 Å². The molecule has 1 heterocycles. The molecule has 0 atom stereocenters. The molecule has 25 heavy (non-hydrogen) atoms. The van der Waals surface area contributed by atoms with Crippen LogP contribution in [0.25, 0.3) is 16.8 Å². The van der Waals surface area contributed by atoms with Crippen molar-refractivity contribution in [2.45, 2.75) is 6.42 Å². The van der Waals surface area contributed by atoms with Gasteiger partial charge in [0, 0.05) is 11.8 Å². The molecule has 0 saturated carbocycles. The SMILES string of the molecule is N#CC(=C(O)Cc1ccccc1)c1nc(-c2c(F)cccc2F)cs1. The molecule has 0 aliphatic carbocycles. The van der Waals surface area contributed by atoms with E-state index in [1.807, 2.05) is 36.4 Å². The molecule has 0 amide bonds. The van der Waals surface area contributed by atoms with Gasteiger partial charge in [-0.05, 0) is 17.7 Å². The number of aliphatic hydroxyl groups excluding tert-OH is 1. The van der Waals surface area contributed by atoms with Gasteiger partial charge in [-0.25, -0.2) is 13.8 Å². The summed E-state index contributed by atoms with van der Waals surface area (Å²) in [6.07, 6.45) is 0.173. The van der Waals surface area contributed by atoms with Gasteiger partial charge in [-0.2, -0.15) is 5.26 Å². The van der Waals surface area contributed by atoms with Crippen molar-refractivity contribution in [1.82, 2.24) is 4.98 Å². The molecule has 6 heteroatoms. The first-order valence-corrected chi connectivity index (χ1v) is 8.24. The molecule has 3 nitrogen and oxygen atoms in total. The quantitative estimate of drug-likeness (QED) is 0.522. The summed E-state index contributed by atoms with van der Waals surface area (Å²) in [6, 6.07) is 14.6. The van der Waals surface area contributed by atoms with E-state index in [0.717, 1.165) is 29.0 Å². The molecule has 0 aliphatic rings. The van der Waals surface area contributed by atoms with E-state index < -0.39 is 11.6 Å². The Balaban J connectivity index is 1.97. The van der Waals surface area contributed by atoms with Gasteiger partial charge in [0.1, 0.15) is 34.0 Å². The van der Waals surface area contributed by atoms with E-state index in [-0.39, 0.29) is 34.0 Å². The summed E-state index contributed by atoms with van der Waals surface area (Å²) in [4.78, 5) is 4.13. The van der Waals surface area contributed by atoms with Crippen molar-refractivity contribution >= 4 is 16.9 Å². The number of allylic oxidation sites excluding steroid dienone is 2. The summed E-state index contributed by atoms with van der Waals surface area (Å²) in [5.41, 5.74) is 0.683. The molecule has 0 saturated heterocycles. The minimum absolute atomic E-state index is 0.00292. The van der Waals surface area contributed by atoms with Gasteiger partial charge in [-0.1, -0.05) is 36.4 Å². The molecule has 1 aromatic heterocycles. The number of aliphatic hydroxyl groups is 1. The second kappa shape index (κ2) is 7.24. The largest absolute Gasteiger partial charge is 0.510 e. The molecular weight excluding hydrogens is 342 g/mol. The molecule has 0 unspecified atom stereocenters. The van der Waals surface area contributed by atoms with E-state index in [1.54, 1.807) is 0 Å². The van der Waals surface area contributed by atoms with Crippen molar-refractivity contribution in [2.75, 3.05) is 0 Å². The van der Waals surface area contributed by atoms with Gasteiger partial charge in [-0.3, -0.25) is 0 Å². The van der Waals surface area contributed by atoms with E-state index in [0.29, 0.717) is 0 Å². The second-order valence-corrected chi connectivity index (χ2v) is 6.09. The maximum absolute atomic E-state index is 13.9. The van der Waals surface area contributed by atoms with Crippen LogP contribution in [0, 0.1) is 23.0 Å². The summed E-state index contributed by atoms with van der Waals surface area (Å²) < 4.78 is 27.7. The van der Waals surface area contributed by atoms with Crippen LogP contribution < -0.4 is 0 Å². The normalized spacial score (nSPS) is 11.7. The summed E-state index contributed by atoms with van der Waals surface area (Å²) >= 11 is 1.05. The monoisotopic (exact) mass is 354 g/mol. The van der Waals surface area contributed by atoms with Gasteiger partial charge in [0.25, 0.3) is 0 Å². The van der Waals surface area contributed by atoms with Crippen molar-refractivity contribution < 1.29 is 13.9 Å². The number of hydrogen-bond donors (Lipinski definition) is 1. The van der Waals surface area contributed by atoms with Gasteiger partial charge in [0.05, 0.1) is 11.3 Å². The third kappa shape index (κ3) is 3.57. The highest BCUT2D eigenvalue weighted by atomic mass is 32.1. The molecule has 3 aromatic rings. The van der Waals surface area contributed by atoms with Crippen LogP contribution in [-0.4, -0.2) is 10.1 Å². The number of aromatic nitrogens is 1. The van der Waals surface area contributed by atoms with Crippen molar-refractivity contribution in [3.63, 3.8) is 0 Å². The molecule has 0 spiro atoms. The minimum Gasteiger partial charge on any atom is -0.510 e. The fraction of sp³-hybridized carbons (Fsp3) is 0.0526. The van der Waals surface area contributed by atoms with Crippen LogP contribution in [-0.2, 0) is 6.42 Å². The lowest BCUT2D eigenvalue weighted by molar-refractivity contribution is 0.402.